The summed E-state index contributed by atoms with van der Waals surface area (Å²) in [6, 6.07) is 0. The van der Waals surface area contributed by atoms with Crippen LogP contribution in [0.3, 0.4) is 0 Å². The molecule has 4 aliphatic rings. The first-order valence-electron chi connectivity index (χ1n) is 9.08. The summed E-state index contributed by atoms with van der Waals surface area (Å²) in [6.45, 7) is 4.35. The van der Waals surface area contributed by atoms with Gasteiger partial charge in [0.15, 0.2) is 0 Å². The van der Waals surface area contributed by atoms with E-state index in [4.69, 9.17) is 0 Å². The molecule has 0 amide bonds. The Morgan fingerprint density at radius 2 is 1.91 bits per heavy atom. The van der Waals surface area contributed by atoms with Crippen molar-refractivity contribution in [3.05, 3.63) is 11.6 Å². The molecule has 22 heavy (non-hydrogen) atoms. The van der Waals surface area contributed by atoms with E-state index in [0.717, 1.165) is 38.5 Å². The Morgan fingerprint density at radius 3 is 2.68 bits per heavy atom. The van der Waals surface area contributed by atoms with Crippen LogP contribution in [0, 0.1) is 28.6 Å². The number of aliphatic hydroxyl groups excluding tert-OH is 2. The van der Waals surface area contributed by atoms with E-state index in [-0.39, 0.29) is 22.9 Å². The molecular weight excluding hydrogens is 279 g/mol. The Morgan fingerprint density at radius 1 is 1.14 bits per heavy atom. The van der Waals surface area contributed by atoms with Crippen LogP contribution in [0.4, 0.5) is 4.39 Å². The molecule has 0 aliphatic heterocycles. The first kappa shape index (κ1) is 15.1. The van der Waals surface area contributed by atoms with E-state index in [1.165, 1.54) is 5.57 Å². The zero-order valence-electron chi connectivity index (χ0n) is 13.8. The van der Waals surface area contributed by atoms with Gasteiger partial charge in [0, 0.05) is 5.41 Å². The van der Waals surface area contributed by atoms with Gasteiger partial charge in [0.1, 0.15) is 6.17 Å². The maximum atomic E-state index is 14.2. The zero-order chi connectivity index (χ0) is 15.7. The Kier molecular flexibility index (Phi) is 3.30. The van der Waals surface area contributed by atoms with Gasteiger partial charge in [0.2, 0.25) is 0 Å². The minimum atomic E-state index is -1.06. The molecule has 0 bridgehead atoms. The minimum Gasteiger partial charge on any atom is -0.392 e. The van der Waals surface area contributed by atoms with Crippen LogP contribution in [0.25, 0.3) is 0 Å². The fourth-order valence-electron chi connectivity index (χ4n) is 6.71. The molecule has 8 atom stereocenters. The van der Waals surface area contributed by atoms with Crippen molar-refractivity contribution in [2.75, 3.05) is 0 Å². The Balaban J connectivity index is 1.71. The van der Waals surface area contributed by atoms with E-state index in [9.17, 15) is 14.6 Å². The molecular formula is C19H29FO2. The Bertz CT molecular complexity index is 504. The average molecular weight is 308 g/mol. The molecule has 0 spiro atoms. The van der Waals surface area contributed by atoms with Crippen LogP contribution >= 0.6 is 0 Å². The standard InChI is InChI=1S/C19H29FO2/c1-18-9-8-13-12(14(18)10-15(20)17(18)22)7-6-11-4-3-5-16(21)19(11,13)2/h4,12-17,21-22H,3,5-10H2,1-2H3/t12-,13+,14+,15-,16-,17-,18+,19+/m1/s1. The minimum absolute atomic E-state index is 0.109. The molecule has 3 fully saturated rings. The summed E-state index contributed by atoms with van der Waals surface area (Å²) in [5, 5.41) is 21.1. The SMILES string of the molecule is C[C@]12CC[C@H]3[C@@H](CCC4=CCC[C@@H](O)[C@@]43C)[C@@H]1C[C@@H](F)[C@H]2O. The number of hydrogen-bond acceptors (Lipinski definition) is 2. The highest BCUT2D eigenvalue weighted by molar-refractivity contribution is 5.26. The van der Waals surface area contributed by atoms with Crippen molar-refractivity contribution in [2.24, 2.45) is 28.6 Å². The lowest BCUT2D eigenvalue weighted by Gasteiger charge is -2.59. The first-order chi connectivity index (χ1) is 10.4. The molecule has 2 N–H and O–H groups in total. The Hall–Kier alpha value is -0.410. The van der Waals surface area contributed by atoms with E-state index in [2.05, 4.69) is 19.9 Å². The summed E-state index contributed by atoms with van der Waals surface area (Å²) in [7, 11) is 0. The summed E-state index contributed by atoms with van der Waals surface area (Å²) in [5.74, 6) is 1.20. The van der Waals surface area contributed by atoms with Gasteiger partial charge in [-0.15, -0.1) is 0 Å². The van der Waals surface area contributed by atoms with Gasteiger partial charge in [-0.3, -0.25) is 0 Å². The van der Waals surface area contributed by atoms with Gasteiger partial charge in [-0.05, 0) is 68.1 Å². The van der Waals surface area contributed by atoms with Crippen molar-refractivity contribution in [2.45, 2.75) is 77.2 Å². The van der Waals surface area contributed by atoms with Crippen molar-refractivity contribution in [3.8, 4) is 0 Å². The highest BCUT2D eigenvalue weighted by Crippen LogP contribution is 2.65. The molecule has 4 rings (SSSR count). The van der Waals surface area contributed by atoms with Gasteiger partial charge in [0.05, 0.1) is 12.2 Å². The highest BCUT2D eigenvalue weighted by Gasteiger charge is 2.62. The third-order valence-electron chi connectivity index (χ3n) is 8.10. The molecule has 3 saturated carbocycles. The summed E-state index contributed by atoms with van der Waals surface area (Å²) in [4.78, 5) is 0. The molecule has 0 heterocycles. The molecule has 0 unspecified atom stereocenters. The summed E-state index contributed by atoms with van der Waals surface area (Å²) in [6.07, 6.45) is 6.71. The lowest BCUT2D eigenvalue weighted by molar-refractivity contribution is -0.108. The third-order valence-corrected chi connectivity index (χ3v) is 8.10. The molecule has 0 radical (unpaired) electrons. The van der Waals surface area contributed by atoms with E-state index < -0.39 is 12.3 Å². The van der Waals surface area contributed by atoms with Crippen LogP contribution in [-0.2, 0) is 0 Å². The number of halogens is 1. The van der Waals surface area contributed by atoms with E-state index in [1.807, 2.05) is 0 Å². The quantitative estimate of drug-likeness (QED) is 0.671. The summed E-state index contributed by atoms with van der Waals surface area (Å²) >= 11 is 0. The second-order valence-electron chi connectivity index (χ2n) is 8.76. The van der Waals surface area contributed by atoms with Gasteiger partial charge in [-0.2, -0.15) is 0 Å². The normalized spacial score (nSPS) is 57.6. The fourth-order valence-corrected chi connectivity index (χ4v) is 6.71. The molecule has 124 valence electrons. The number of allylic oxidation sites excluding steroid dienone is 1. The largest absolute Gasteiger partial charge is 0.392 e. The third kappa shape index (κ3) is 1.73. The number of aliphatic hydroxyl groups is 2. The average Bonchev–Trinajstić information content (AvgIpc) is 2.72. The zero-order valence-corrected chi connectivity index (χ0v) is 13.8. The maximum Gasteiger partial charge on any atom is 0.127 e. The van der Waals surface area contributed by atoms with Crippen molar-refractivity contribution >= 4 is 0 Å². The summed E-state index contributed by atoms with van der Waals surface area (Å²) in [5.41, 5.74) is 1.09. The van der Waals surface area contributed by atoms with Gasteiger partial charge >= 0.3 is 0 Å². The molecule has 4 aliphatic carbocycles. The van der Waals surface area contributed by atoms with Crippen molar-refractivity contribution in [3.63, 3.8) is 0 Å². The molecule has 0 aromatic heterocycles. The Labute approximate surface area is 132 Å². The predicted octanol–water partition coefficient (Wildman–Crippen LogP) is 3.62. The molecule has 0 aromatic carbocycles. The van der Waals surface area contributed by atoms with Gasteiger partial charge in [0.25, 0.3) is 0 Å². The smallest absolute Gasteiger partial charge is 0.127 e. The van der Waals surface area contributed by atoms with Gasteiger partial charge in [-0.1, -0.05) is 25.5 Å². The van der Waals surface area contributed by atoms with Gasteiger partial charge in [-0.25, -0.2) is 4.39 Å². The first-order valence-corrected chi connectivity index (χ1v) is 9.08. The number of hydrogen-bond donors (Lipinski definition) is 2. The lowest BCUT2D eigenvalue weighted by atomic mass is 9.47. The van der Waals surface area contributed by atoms with Crippen LogP contribution in [0.15, 0.2) is 11.6 Å². The number of alkyl halides is 1. The molecule has 3 heteroatoms. The molecule has 0 aromatic rings. The van der Waals surface area contributed by atoms with Crippen LogP contribution in [0.1, 0.15) is 58.8 Å². The van der Waals surface area contributed by atoms with Crippen molar-refractivity contribution in [1.82, 2.24) is 0 Å². The van der Waals surface area contributed by atoms with Crippen LogP contribution in [-0.4, -0.2) is 28.6 Å². The van der Waals surface area contributed by atoms with Gasteiger partial charge < -0.3 is 10.2 Å². The second-order valence-corrected chi connectivity index (χ2v) is 8.76. The van der Waals surface area contributed by atoms with Crippen LogP contribution in [0.5, 0.6) is 0 Å². The lowest BCUT2D eigenvalue weighted by Crippen LogP contribution is -2.54. The second kappa shape index (κ2) is 4.80. The topological polar surface area (TPSA) is 40.5 Å². The summed E-state index contributed by atoms with van der Waals surface area (Å²) < 4.78 is 14.2. The molecule has 2 nitrogen and oxygen atoms in total. The fraction of sp³-hybridized carbons (Fsp3) is 0.895. The predicted molar refractivity (Wildman–Crippen MR) is 84.0 cm³/mol. The van der Waals surface area contributed by atoms with Crippen LogP contribution < -0.4 is 0 Å². The van der Waals surface area contributed by atoms with Crippen LogP contribution in [0.2, 0.25) is 0 Å². The maximum absolute atomic E-state index is 14.2. The number of fused-ring (bicyclic) bond motifs is 5. The monoisotopic (exact) mass is 308 g/mol. The van der Waals surface area contributed by atoms with E-state index >= 15 is 0 Å². The highest BCUT2D eigenvalue weighted by atomic mass is 19.1. The van der Waals surface area contributed by atoms with E-state index in [0.29, 0.717) is 18.3 Å². The van der Waals surface area contributed by atoms with Crippen molar-refractivity contribution in [1.29, 1.82) is 0 Å². The molecule has 0 saturated heterocycles. The number of rotatable bonds is 0. The van der Waals surface area contributed by atoms with E-state index in [1.54, 1.807) is 0 Å². The van der Waals surface area contributed by atoms with Crippen molar-refractivity contribution < 1.29 is 14.6 Å².